The number of carbonyl (C=O) groups excluding carboxylic acids is 2. The third kappa shape index (κ3) is 5.75. The minimum atomic E-state index is -0.751. The monoisotopic (exact) mass is 439 g/mol. The zero-order valence-electron chi connectivity index (χ0n) is 14.4. The standard InChI is InChI=1S/C19H19BrClNO4/c1-12(26-14-9-7-13(20)8-10-14)19(24)22-17(11-18(23)25-2)15-5-3-4-6-16(15)21/h3-10,12,17H,11H2,1-2H3,(H,22,24). The molecule has 1 amide bonds. The van der Waals surface area contributed by atoms with Crippen molar-refractivity contribution in [2.24, 2.45) is 0 Å². The Kier molecular flexibility index (Phi) is 7.48. The maximum absolute atomic E-state index is 12.5. The van der Waals surface area contributed by atoms with E-state index in [2.05, 4.69) is 21.2 Å². The molecule has 1 N–H and O–H groups in total. The molecule has 0 spiro atoms. The number of hydrogen-bond acceptors (Lipinski definition) is 4. The first-order chi connectivity index (χ1) is 12.4. The molecule has 26 heavy (non-hydrogen) atoms. The fraction of sp³-hybridized carbons (Fsp3) is 0.263. The lowest BCUT2D eigenvalue weighted by Crippen LogP contribution is -2.39. The molecule has 5 nitrogen and oxygen atoms in total. The number of halogens is 2. The average molecular weight is 441 g/mol. The van der Waals surface area contributed by atoms with Crippen LogP contribution in [0.15, 0.2) is 53.0 Å². The molecule has 0 aliphatic carbocycles. The molecule has 2 unspecified atom stereocenters. The van der Waals surface area contributed by atoms with Gasteiger partial charge in [0.15, 0.2) is 6.10 Å². The Labute approximate surface area is 165 Å². The van der Waals surface area contributed by atoms with Gasteiger partial charge < -0.3 is 14.8 Å². The number of benzene rings is 2. The first-order valence-corrected chi connectivity index (χ1v) is 9.11. The van der Waals surface area contributed by atoms with E-state index >= 15 is 0 Å². The summed E-state index contributed by atoms with van der Waals surface area (Å²) >= 11 is 9.56. The molecule has 0 fully saturated rings. The summed E-state index contributed by atoms with van der Waals surface area (Å²) < 4.78 is 11.3. The van der Waals surface area contributed by atoms with Crippen molar-refractivity contribution in [3.05, 3.63) is 63.6 Å². The second kappa shape index (κ2) is 9.59. The largest absolute Gasteiger partial charge is 0.481 e. The summed E-state index contributed by atoms with van der Waals surface area (Å²) in [6.07, 6.45) is -0.782. The summed E-state index contributed by atoms with van der Waals surface area (Å²) in [6.45, 7) is 1.64. The Balaban J connectivity index is 2.10. The molecule has 0 aliphatic heterocycles. The van der Waals surface area contributed by atoms with Gasteiger partial charge in [0, 0.05) is 9.50 Å². The highest BCUT2D eigenvalue weighted by Crippen LogP contribution is 2.26. The van der Waals surface area contributed by atoms with Gasteiger partial charge in [-0.15, -0.1) is 0 Å². The number of esters is 1. The summed E-state index contributed by atoms with van der Waals surface area (Å²) in [7, 11) is 1.30. The summed E-state index contributed by atoms with van der Waals surface area (Å²) in [5, 5.41) is 3.27. The Morgan fingerprint density at radius 1 is 1.15 bits per heavy atom. The van der Waals surface area contributed by atoms with Crippen molar-refractivity contribution in [2.45, 2.75) is 25.5 Å². The molecule has 0 saturated heterocycles. The Morgan fingerprint density at radius 3 is 2.42 bits per heavy atom. The van der Waals surface area contributed by atoms with Gasteiger partial charge in [-0.25, -0.2) is 0 Å². The topological polar surface area (TPSA) is 64.6 Å². The smallest absolute Gasteiger partial charge is 0.307 e. The number of carbonyl (C=O) groups is 2. The van der Waals surface area contributed by atoms with Crippen molar-refractivity contribution < 1.29 is 19.1 Å². The number of amides is 1. The van der Waals surface area contributed by atoms with E-state index in [1.54, 1.807) is 43.3 Å². The van der Waals surface area contributed by atoms with E-state index in [-0.39, 0.29) is 12.3 Å². The fourth-order valence-electron chi connectivity index (χ4n) is 2.31. The van der Waals surface area contributed by atoms with Crippen molar-refractivity contribution in [1.29, 1.82) is 0 Å². The normalized spacial score (nSPS) is 12.8. The Hall–Kier alpha value is -2.05. The second-order valence-corrected chi connectivity index (χ2v) is 6.90. The highest BCUT2D eigenvalue weighted by atomic mass is 79.9. The van der Waals surface area contributed by atoms with Gasteiger partial charge in [-0.3, -0.25) is 9.59 Å². The van der Waals surface area contributed by atoms with E-state index < -0.39 is 18.1 Å². The number of nitrogens with one attached hydrogen (secondary N) is 1. The van der Waals surface area contributed by atoms with Gasteiger partial charge in [-0.1, -0.05) is 45.7 Å². The van der Waals surface area contributed by atoms with Crippen LogP contribution in [0.5, 0.6) is 5.75 Å². The van der Waals surface area contributed by atoms with Gasteiger partial charge in [0.05, 0.1) is 19.6 Å². The minimum Gasteiger partial charge on any atom is -0.481 e. The Morgan fingerprint density at radius 2 is 1.81 bits per heavy atom. The molecule has 0 radical (unpaired) electrons. The molecular weight excluding hydrogens is 422 g/mol. The number of ether oxygens (including phenoxy) is 2. The Bertz CT molecular complexity index is 766. The van der Waals surface area contributed by atoms with Gasteiger partial charge in [-0.2, -0.15) is 0 Å². The summed E-state index contributed by atoms with van der Waals surface area (Å²) in [4.78, 5) is 24.3. The molecule has 2 aromatic carbocycles. The highest BCUT2D eigenvalue weighted by Gasteiger charge is 2.24. The van der Waals surface area contributed by atoms with E-state index in [0.29, 0.717) is 16.3 Å². The SMILES string of the molecule is COC(=O)CC(NC(=O)C(C)Oc1ccc(Br)cc1)c1ccccc1Cl. The number of hydrogen-bond donors (Lipinski definition) is 1. The third-order valence-electron chi connectivity index (χ3n) is 3.69. The van der Waals surface area contributed by atoms with E-state index in [0.717, 1.165) is 4.47 Å². The van der Waals surface area contributed by atoms with Crippen LogP contribution in [0.2, 0.25) is 5.02 Å². The quantitative estimate of drug-likeness (QED) is 0.652. The van der Waals surface area contributed by atoms with Gasteiger partial charge >= 0.3 is 5.97 Å². The fourth-order valence-corrected chi connectivity index (χ4v) is 2.84. The van der Waals surface area contributed by atoms with Crippen LogP contribution in [0.25, 0.3) is 0 Å². The molecule has 0 aliphatic rings. The van der Waals surface area contributed by atoms with Crippen LogP contribution in [0.1, 0.15) is 24.9 Å². The maximum Gasteiger partial charge on any atom is 0.307 e. The second-order valence-electron chi connectivity index (χ2n) is 5.58. The number of rotatable bonds is 7. The maximum atomic E-state index is 12.5. The highest BCUT2D eigenvalue weighted by molar-refractivity contribution is 9.10. The molecule has 0 bridgehead atoms. The molecule has 138 valence electrons. The van der Waals surface area contributed by atoms with Crippen LogP contribution in [0.4, 0.5) is 0 Å². The van der Waals surface area contributed by atoms with Crippen molar-refractivity contribution in [3.63, 3.8) is 0 Å². The average Bonchev–Trinajstić information content (AvgIpc) is 2.63. The minimum absolute atomic E-state index is 0.0308. The molecular formula is C19H19BrClNO4. The van der Waals surface area contributed by atoms with Crippen LogP contribution < -0.4 is 10.1 Å². The lowest BCUT2D eigenvalue weighted by molar-refractivity contribution is -0.141. The van der Waals surface area contributed by atoms with Crippen molar-refractivity contribution in [3.8, 4) is 5.75 Å². The van der Waals surface area contributed by atoms with Crippen molar-refractivity contribution in [2.75, 3.05) is 7.11 Å². The van der Waals surface area contributed by atoms with Gasteiger partial charge in [-0.05, 0) is 42.8 Å². The molecule has 2 aromatic rings. The summed E-state index contributed by atoms with van der Waals surface area (Å²) in [5.74, 6) is -0.239. The molecule has 2 rings (SSSR count). The van der Waals surface area contributed by atoms with Gasteiger partial charge in [0.1, 0.15) is 5.75 Å². The molecule has 0 saturated carbocycles. The lowest BCUT2D eigenvalue weighted by atomic mass is 10.0. The van der Waals surface area contributed by atoms with Crippen LogP contribution in [-0.2, 0) is 14.3 Å². The van der Waals surface area contributed by atoms with Gasteiger partial charge in [0.2, 0.25) is 0 Å². The first-order valence-electron chi connectivity index (χ1n) is 7.94. The van der Waals surface area contributed by atoms with Crippen LogP contribution in [0, 0.1) is 0 Å². The zero-order valence-corrected chi connectivity index (χ0v) is 16.7. The molecule has 2 atom stereocenters. The van der Waals surface area contributed by atoms with Crippen LogP contribution in [-0.4, -0.2) is 25.1 Å². The van der Waals surface area contributed by atoms with E-state index in [1.807, 2.05) is 12.1 Å². The predicted octanol–water partition coefficient (Wildman–Crippen LogP) is 4.29. The summed E-state index contributed by atoms with van der Waals surface area (Å²) in [5.41, 5.74) is 0.642. The van der Waals surface area contributed by atoms with E-state index in [1.165, 1.54) is 7.11 Å². The number of methoxy groups -OCH3 is 1. The van der Waals surface area contributed by atoms with Crippen LogP contribution in [0.3, 0.4) is 0 Å². The molecule has 7 heteroatoms. The van der Waals surface area contributed by atoms with Crippen LogP contribution >= 0.6 is 27.5 Å². The molecule has 0 aromatic heterocycles. The van der Waals surface area contributed by atoms with Crippen molar-refractivity contribution >= 4 is 39.4 Å². The summed E-state index contributed by atoms with van der Waals surface area (Å²) in [6, 6.07) is 13.6. The predicted molar refractivity (Wildman–Crippen MR) is 103 cm³/mol. The van der Waals surface area contributed by atoms with Crippen molar-refractivity contribution in [1.82, 2.24) is 5.32 Å². The molecule has 0 heterocycles. The van der Waals surface area contributed by atoms with E-state index in [9.17, 15) is 9.59 Å². The first kappa shape index (κ1) is 20.3. The van der Waals surface area contributed by atoms with Gasteiger partial charge in [0.25, 0.3) is 5.91 Å². The third-order valence-corrected chi connectivity index (χ3v) is 4.56. The van der Waals surface area contributed by atoms with E-state index in [4.69, 9.17) is 21.1 Å². The lowest BCUT2D eigenvalue weighted by Gasteiger charge is -2.22. The zero-order chi connectivity index (χ0) is 19.1.